The van der Waals surface area contributed by atoms with Crippen LogP contribution < -0.4 is 4.72 Å². The number of aryl methyl sites for hydroxylation is 1. The summed E-state index contributed by atoms with van der Waals surface area (Å²) < 4.78 is 27.0. The Morgan fingerprint density at radius 1 is 1.20 bits per heavy atom. The molecule has 0 radical (unpaired) electrons. The van der Waals surface area contributed by atoms with Crippen LogP contribution in [0.4, 0.5) is 5.69 Å². The molecule has 0 fully saturated rings. The third-order valence-electron chi connectivity index (χ3n) is 2.73. The van der Waals surface area contributed by atoms with Gasteiger partial charge in [-0.2, -0.15) is 5.26 Å². The van der Waals surface area contributed by atoms with Crippen molar-refractivity contribution in [1.29, 1.82) is 5.26 Å². The molecular weight excluding hydrogens is 296 g/mol. The molecule has 102 valence electrons. The van der Waals surface area contributed by atoms with Crippen molar-refractivity contribution < 1.29 is 8.42 Å². The number of rotatable bonds is 3. The van der Waals surface area contributed by atoms with E-state index in [4.69, 9.17) is 16.9 Å². The molecule has 0 heterocycles. The Morgan fingerprint density at radius 3 is 2.50 bits per heavy atom. The number of anilines is 1. The van der Waals surface area contributed by atoms with Gasteiger partial charge >= 0.3 is 0 Å². The predicted octanol–water partition coefficient (Wildman–Crippen LogP) is 3.32. The number of nitriles is 1. The van der Waals surface area contributed by atoms with Gasteiger partial charge in [0.1, 0.15) is 4.90 Å². The SMILES string of the molecule is Cc1cc(C#N)ccc1NS(=O)(=O)c1ccccc1Cl. The van der Waals surface area contributed by atoms with Gasteiger partial charge in [-0.3, -0.25) is 4.72 Å². The molecule has 0 saturated carbocycles. The summed E-state index contributed by atoms with van der Waals surface area (Å²) in [6.45, 7) is 1.73. The molecule has 2 rings (SSSR count). The summed E-state index contributed by atoms with van der Waals surface area (Å²) in [5, 5.41) is 8.95. The van der Waals surface area contributed by atoms with E-state index in [0.29, 0.717) is 16.8 Å². The van der Waals surface area contributed by atoms with E-state index >= 15 is 0 Å². The van der Waals surface area contributed by atoms with Crippen molar-refractivity contribution in [3.63, 3.8) is 0 Å². The monoisotopic (exact) mass is 306 g/mol. The van der Waals surface area contributed by atoms with Gasteiger partial charge in [0.05, 0.1) is 22.3 Å². The fourth-order valence-electron chi connectivity index (χ4n) is 1.71. The van der Waals surface area contributed by atoms with Gasteiger partial charge in [-0.1, -0.05) is 23.7 Å². The molecule has 0 amide bonds. The molecule has 0 atom stereocenters. The fraction of sp³-hybridized carbons (Fsp3) is 0.0714. The second-order valence-electron chi connectivity index (χ2n) is 4.18. The number of halogens is 1. The minimum Gasteiger partial charge on any atom is -0.279 e. The zero-order valence-electron chi connectivity index (χ0n) is 10.6. The van der Waals surface area contributed by atoms with Crippen LogP contribution in [0.25, 0.3) is 0 Å². The maximum Gasteiger partial charge on any atom is 0.263 e. The van der Waals surface area contributed by atoms with Gasteiger partial charge in [-0.25, -0.2) is 8.42 Å². The number of benzene rings is 2. The second kappa shape index (κ2) is 5.53. The Hall–Kier alpha value is -2.03. The maximum absolute atomic E-state index is 12.3. The maximum atomic E-state index is 12.3. The summed E-state index contributed by atoms with van der Waals surface area (Å²) in [5.41, 5.74) is 1.56. The number of sulfonamides is 1. The van der Waals surface area contributed by atoms with E-state index in [9.17, 15) is 8.42 Å². The lowest BCUT2D eigenvalue weighted by atomic mass is 10.1. The van der Waals surface area contributed by atoms with Crippen molar-refractivity contribution in [2.45, 2.75) is 11.8 Å². The Morgan fingerprint density at radius 2 is 1.90 bits per heavy atom. The Kier molecular flexibility index (Phi) is 3.98. The highest BCUT2D eigenvalue weighted by Crippen LogP contribution is 2.25. The zero-order valence-corrected chi connectivity index (χ0v) is 12.2. The Balaban J connectivity index is 2.40. The van der Waals surface area contributed by atoms with Crippen molar-refractivity contribution in [3.8, 4) is 6.07 Å². The molecule has 4 nitrogen and oxygen atoms in total. The first-order valence-electron chi connectivity index (χ1n) is 5.72. The summed E-state index contributed by atoms with van der Waals surface area (Å²) in [4.78, 5) is 0.0189. The topological polar surface area (TPSA) is 70.0 Å². The van der Waals surface area contributed by atoms with Gasteiger partial charge in [0.2, 0.25) is 0 Å². The van der Waals surface area contributed by atoms with Crippen molar-refractivity contribution in [2.24, 2.45) is 0 Å². The minimum absolute atomic E-state index is 0.0189. The quantitative estimate of drug-likeness (QED) is 0.945. The van der Waals surface area contributed by atoms with Crippen LogP contribution in [0.1, 0.15) is 11.1 Å². The van der Waals surface area contributed by atoms with Crippen molar-refractivity contribution in [3.05, 3.63) is 58.6 Å². The van der Waals surface area contributed by atoms with Gasteiger partial charge < -0.3 is 0 Å². The van der Waals surface area contributed by atoms with Gasteiger partial charge in [0.15, 0.2) is 0 Å². The predicted molar refractivity (Wildman–Crippen MR) is 78.2 cm³/mol. The first-order valence-corrected chi connectivity index (χ1v) is 7.58. The molecule has 0 aliphatic heterocycles. The molecule has 1 N–H and O–H groups in total. The summed E-state index contributed by atoms with van der Waals surface area (Å²) in [6, 6.07) is 12.9. The van der Waals surface area contributed by atoms with E-state index in [-0.39, 0.29) is 9.92 Å². The van der Waals surface area contributed by atoms with Crippen molar-refractivity contribution in [2.75, 3.05) is 4.72 Å². The number of nitrogens with one attached hydrogen (secondary N) is 1. The molecule has 2 aromatic rings. The molecule has 0 spiro atoms. The van der Waals surface area contributed by atoms with Gasteiger partial charge in [-0.05, 0) is 42.8 Å². The van der Waals surface area contributed by atoms with Crippen LogP contribution in [0, 0.1) is 18.3 Å². The molecular formula is C14H11ClN2O2S. The number of nitrogens with zero attached hydrogens (tertiary/aromatic N) is 1. The standard InChI is InChI=1S/C14H11ClN2O2S/c1-10-8-11(9-16)6-7-13(10)17-20(18,19)14-5-3-2-4-12(14)15/h2-8,17H,1H3. The van der Waals surface area contributed by atoms with Crippen LogP contribution in [0.3, 0.4) is 0 Å². The summed E-state index contributed by atoms with van der Waals surface area (Å²) >= 11 is 5.90. The van der Waals surface area contributed by atoms with Gasteiger partial charge in [-0.15, -0.1) is 0 Å². The minimum atomic E-state index is -3.75. The second-order valence-corrected chi connectivity index (χ2v) is 6.24. The molecule has 0 saturated heterocycles. The van der Waals surface area contributed by atoms with E-state index in [1.54, 1.807) is 37.3 Å². The van der Waals surface area contributed by atoms with E-state index < -0.39 is 10.0 Å². The van der Waals surface area contributed by atoms with Crippen LogP contribution in [-0.4, -0.2) is 8.42 Å². The first kappa shape index (κ1) is 14.4. The highest BCUT2D eigenvalue weighted by atomic mass is 35.5. The van der Waals surface area contributed by atoms with Crippen LogP contribution in [0.15, 0.2) is 47.4 Å². The van der Waals surface area contributed by atoms with Crippen LogP contribution >= 0.6 is 11.6 Å². The van der Waals surface area contributed by atoms with Crippen molar-refractivity contribution in [1.82, 2.24) is 0 Å². The van der Waals surface area contributed by atoms with E-state index in [0.717, 1.165) is 0 Å². The van der Waals surface area contributed by atoms with E-state index in [2.05, 4.69) is 4.72 Å². The summed E-state index contributed by atoms with van der Waals surface area (Å²) in [7, 11) is -3.75. The summed E-state index contributed by atoms with van der Waals surface area (Å²) in [5.74, 6) is 0. The van der Waals surface area contributed by atoms with Gasteiger partial charge in [0.25, 0.3) is 10.0 Å². The average Bonchev–Trinajstić information content (AvgIpc) is 2.41. The van der Waals surface area contributed by atoms with Crippen molar-refractivity contribution >= 4 is 27.3 Å². The average molecular weight is 307 g/mol. The lowest BCUT2D eigenvalue weighted by Crippen LogP contribution is -2.14. The largest absolute Gasteiger partial charge is 0.279 e. The third kappa shape index (κ3) is 2.93. The number of hydrogen-bond donors (Lipinski definition) is 1. The zero-order chi connectivity index (χ0) is 14.8. The molecule has 6 heteroatoms. The lowest BCUT2D eigenvalue weighted by Gasteiger charge is -2.11. The van der Waals surface area contributed by atoms with E-state index in [1.807, 2.05) is 6.07 Å². The summed E-state index contributed by atoms with van der Waals surface area (Å²) in [6.07, 6.45) is 0. The highest BCUT2D eigenvalue weighted by Gasteiger charge is 2.18. The normalized spacial score (nSPS) is 10.8. The molecule has 0 aromatic heterocycles. The van der Waals surface area contributed by atoms with Crippen LogP contribution in [0.2, 0.25) is 5.02 Å². The Labute approximate surface area is 122 Å². The highest BCUT2D eigenvalue weighted by molar-refractivity contribution is 7.92. The van der Waals surface area contributed by atoms with Crippen LogP contribution in [0.5, 0.6) is 0 Å². The fourth-order valence-corrected chi connectivity index (χ4v) is 3.36. The third-order valence-corrected chi connectivity index (χ3v) is 4.59. The molecule has 20 heavy (non-hydrogen) atoms. The van der Waals surface area contributed by atoms with Crippen LogP contribution in [-0.2, 0) is 10.0 Å². The smallest absolute Gasteiger partial charge is 0.263 e. The molecule has 0 aliphatic carbocycles. The molecule has 2 aromatic carbocycles. The number of hydrogen-bond acceptors (Lipinski definition) is 3. The first-order chi connectivity index (χ1) is 9.44. The lowest BCUT2D eigenvalue weighted by molar-refractivity contribution is 0.601. The van der Waals surface area contributed by atoms with E-state index in [1.165, 1.54) is 12.1 Å². The molecule has 0 aliphatic rings. The van der Waals surface area contributed by atoms with Gasteiger partial charge in [0, 0.05) is 0 Å². The molecule has 0 bridgehead atoms. The molecule has 0 unspecified atom stereocenters. The Bertz CT molecular complexity index is 795.